The lowest BCUT2D eigenvalue weighted by Crippen LogP contribution is -2.53. The molecule has 1 heterocycles. The number of halogens is 1. The number of aliphatic carboxylic acids is 1. The van der Waals surface area contributed by atoms with Crippen molar-refractivity contribution in [2.24, 2.45) is 0 Å². The molecule has 0 aromatic heterocycles. The Morgan fingerprint density at radius 3 is 2.41 bits per heavy atom. The van der Waals surface area contributed by atoms with Crippen LogP contribution in [0.4, 0.5) is 4.79 Å². The predicted molar refractivity (Wildman–Crippen MR) is 108 cm³/mol. The highest BCUT2D eigenvalue weighted by Gasteiger charge is 2.51. The number of nitrogens with zero attached hydrogens (tertiary/aromatic N) is 1. The molecular formula is C20H18INO5. The lowest BCUT2D eigenvalue weighted by Gasteiger charge is -2.32. The molecule has 27 heavy (non-hydrogen) atoms. The van der Waals surface area contributed by atoms with E-state index in [1.54, 1.807) is 12.1 Å². The van der Waals surface area contributed by atoms with E-state index in [0.717, 1.165) is 19.6 Å². The zero-order valence-corrected chi connectivity index (χ0v) is 16.5. The van der Waals surface area contributed by atoms with Gasteiger partial charge in [-0.15, -0.1) is 0 Å². The van der Waals surface area contributed by atoms with Crippen LogP contribution in [0.2, 0.25) is 0 Å². The Labute approximate surface area is 169 Å². The summed E-state index contributed by atoms with van der Waals surface area (Å²) in [5.41, 5.74) is 0.524. The molecule has 0 spiro atoms. The van der Waals surface area contributed by atoms with Crippen LogP contribution < -0.4 is 0 Å². The second kappa shape index (κ2) is 7.67. The van der Waals surface area contributed by atoms with E-state index in [9.17, 15) is 24.6 Å². The van der Waals surface area contributed by atoms with Crippen LogP contribution in [0.1, 0.15) is 29.6 Å². The van der Waals surface area contributed by atoms with Gasteiger partial charge in [0.15, 0.2) is 11.3 Å². The summed E-state index contributed by atoms with van der Waals surface area (Å²) in [6, 6.07) is 14.8. The average Bonchev–Trinajstić information content (AvgIpc) is 3.08. The first-order valence-corrected chi connectivity index (χ1v) is 9.55. The number of carbonyl (C=O) groups excluding carboxylic acids is 1. The summed E-state index contributed by atoms with van der Waals surface area (Å²) in [5, 5.41) is 19.1. The third-order valence-electron chi connectivity index (χ3n) is 4.94. The van der Waals surface area contributed by atoms with Crippen molar-refractivity contribution in [1.29, 1.82) is 0 Å². The van der Waals surface area contributed by atoms with E-state index in [2.05, 4.69) is 22.6 Å². The summed E-state index contributed by atoms with van der Waals surface area (Å²) in [4.78, 5) is 37.1. The largest absolute Gasteiger partial charge is 0.479 e. The molecule has 1 fully saturated rings. The van der Waals surface area contributed by atoms with Crippen molar-refractivity contribution in [3.8, 4) is 11.1 Å². The van der Waals surface area contributed by atoms with Crippen molar-refractivity contribution in [1.82, 2.24) is 4.90 Å². The van der Waals surface area contributed by atoms with Crippen LogP contribution in [0.15, 0.2) is 48.5 Å². The maximum atomic E-state index is 12.9. The maximum absolute atomic E-state index is 12.9. The SMILES string of the molecule is O=C(CC1(C(=O)O)CCCN1C(=O)O)c1ccc(I)c(-c2ccccc2)c1. The Hall–Kier alpha value is -2.42. The number of Topliss-reactive ketones (excluding diaryl/α,β-unsaturated/α-hetero) is 1. The Bertz CT molecular complexity index is 899. The molecule has 3 rings (SSSR count). The summed E-state index contributed by atoms with van der Waals surface area (Å²) in [6.07, 6.45) is -1.12. The van der Waals surface area contributed by atoms with Crippen LogP contribution in [0.5, 0.6) is 0 Å². The number of ketones is 1. The minimum absolute atomic E-state index is 0.122. The zero-order valence-electron chi connectivity index (χ0n) is 14.4. The number of carbonyl (C=O) groups is 3. The molecule has 1 unspecified atom stereocenters. The summed E-state index contributed by atoms with van der Waals surface area (Å²) in [6.45, 7) is 0.122. The summed E-state index contributed by atoms with van der Waals surface area (Å²) in [5.74, 6) is -1.65. The van der Waals surface area contributed by atoms with Crippen LogP contribution >= 0.6 is 22.6 Å². The van der Waals surface area contributed by atoms with Gasteiger partial charge in [-0.2, -0.15) is 0 Å². The van der Waals surface area contributed by atoms with Crippen molar-refractivity contribution in [3.63, 3.8) is 0 Å². The van der Waals surface area contributed by atoms with Crippen molar-refractivity contribution in [2.75, 3.05) is 6.54 Å². The topological polar surface area (TPSA) is 94.9 Å². The molecule has 0 bridgehead atoms. The normalized spacial score (nSPS) is 19.1. The molecular weight excluding hydrogens is 461 g/mol. The van der Waals surface area contributed by atoms with Gasteiger partial charge in [0.2, 0.25) is 0 Å². The number of hydrogen-bond acceptors (Lipinski definition) is 3. The Morgan fingerprint density at radius 1 is 1.07 bits per heavy atom. The first-order chi connectivity index (χ1) is 12.8. The summed E-state index contributed by atoms with van der Waals surface area (Å²) < 4.78 is 0.969. The Balaban J connectivity index is 1.94. The van der Waals surface area contributed by atoms with Gasteiger partial charge in [0.05, 0.1) is 0 Å². The lowest BCUT2D eigenvalue weighted by molar-refractivity contribution is -0.148. The monoisotopic (exact) mass is 479 g/mol. The van der Waals surface area contributed by atoms with E-state index in [-0.39, 0.29) is 25.2 Å². The molecule has 2 aromatic rings. The standard InChI is InChI=1S/C20H18INO5/c21-16-8-7-14(11-15(16)13-5-2-1-3-6-13)17(23)12-20(18(24)25)9-4-10-22(20)19(26)27/h1-3,5-8,11H,4,9-10,12H2,(H,24,25)(H,26,27). The second-order valence-electron chi connectivity index (χ2n) is 6.54. The fourth-order valence-corrected chi connectivity index (χ4v) is 4.19. The van der Waals surface area contributed by atoms with Gasteiger partial charge in [0.25, 0.3) is 0 Å². The predicted octanol–water partition coefficient (Wildman–Crippen LogP) is 4.13. The Kier molecular flexibility index (Phi) is 5.50. The third-order valence-corrected chi connectivity index (χ3v) is 5.88. The number of carboxylic acid groups (broad SMARTS) is 2. The highest BCUT2D eigenvalue weighted by atomic mass is 127. The van der Waals surface area contributed by atoms with Crippen molar-refractivity contribution in [3.05, 3.63) is 57.7 Å². The number of likely N-dealkylation sites (tertiary alicyclic amines) is 1. The second-order valence-corrected chi connectivity index (χ2v) is 7.70. The number of carboxylic acids is 1. The highest BCUT2D eigenvalue weighted by molar-refractivity contribution is 14.1. The quantitative estimate of drug-likeness (QED) is 0.497. The Morgan fingerprint density at radius 2 is 1.78 bits per heavy atom. The fraction of sp³-hybridized carbons (Fsp3) is 0.250. The lowest BCUT2D eigenvalue weighted by atomic mass is 9.87. The van der Waals surface area contributed by atoms with Crippen LogP contribution in [0.25, 0.3) is 11.1 Å². The first kappa shape index (κ1) is 19.3. The highest BCUT2D eigenvalue weighted by Crippen LogP contribution is 2.35. The van der Waals surface area contributed by atoms with E-state index in [0.29, 0.717) is 12.0 Å². The maximum Gasteiger partial charge on any atom is 0.408 e. The average molecular weight is 479 g/mol. The van der Waals surface area contributed by atoms with Gasteiger partial charge in [-0.3, -0.25) is 9.69 Å². The van der Waals surface area contributed by atoms with Crippen LogP contribution in [0, 0.1) is 3.57 Å². The van der Waals surface area contributed by atoms with Crippen LogP contribution in [-0.4, -0.2) is 45.0 Å². The van der Waals surface area contributed by atoms with Gasteiger partial charge in [0.1, 0.15) is 0 Å². The zero-order chi connectivity index (χ0) is 19.6. The van der Waals surface area contributed by atoms with Gasteiger partial charge >= 0.3 is 12.1 Å². The van der Waals surface area contributed by atoms with Gasteiger partial charge in [-0.25, -0.2) is 9.59 Å². The number of rotatable bonds is 5. The molecule has 0 aliphatic carbocycles. The fourth-order valence-electron chi connectivity index (χ4n) is 3.54. The molecule has 6 nitrogen and oxygen atoms in total. The van der Waals surface area contributed by atoms with E-state index in [1.807, 2.05) is 36.4 Å². The number of benzene rings is 2. The molecule has 1 saturated heterocycles. The van der Waals surface area contributed by atoms with Gasteiger partial charge in [0, 0.05) is 22.1 Å². The smallest absolute Gasteiger partial charge is 0.408 e. The molecule has 1 aliphatic heterocycles. The van der Waals surface area contributed by atoms with E-state index < -0.39 is 17.6 Å². The number of hydrogen-bond donors (Lipinski definition) is 2. The molecule has 140 valence electrons. The molecule has 1 aliphatic rings. The van der Waals surface area contributed by atoms with Crippen molar-refractivity contribution >= 4 is 40.4 Å². The molecule has 0 saturated carbocycles. The van der Waals surface area contributed by atoms with Gasteiger partial charge in [-0.1, -0.05) is 36.4 Å². The number of amides is 1. The van der Waals surface area contributed by atoms with Crippen LogP contribution in [0.3, 0.4) is 0 Å². The minimum Gasteiger partial charge on any atom is -0.479 e. The van der Waals surface area contributed by atoms with Crippen molar-refractivity contribution in [2.45, 2.75) is 24.8 Å². The third kappa shape index (κ3) is 3.69. The van der Waals surface area contributed by atoms with Gasteiger partial charge in [-0.05, 0) is 58.7 Å². The molecule has 7 heteroatoms. The van der Waals surface area contributed by atoms with Gasteiger partial charge < -0.3 is 10.2 Å². The first-order valence-electron chi connectivity index (χ1n) is 8.47. The van der Waals surface area contributed by atoms with E-state index in [1.165, 1.54) is 0 Å². The molecule has 2 N–H and O–H groups in total. The van der Waals surface area contributed by atoms with Crippen LogP contribution in [-0.2, 0) is 4.79 Å². The minimum atomic E-state index is -1.70. The van der Waals surface area contributed by atoms with E-state index >= 15 is 0 Å². The summed E-state index contributed by atoms with van der Waals surface area (Å²) >= 11 is 2.19. The van der Waals surface area contributed by atoms with Crippen molar-refractivity contribution < 1.29 is 24.6 Å². The molecule has 2 aromatic carbocycles. The molecule has 1 atom stereocenters. The van der Waals surface area contributed by atoms with E-state index in [4.69, 9.17) is 0 Å². The molecule has 0 radical (unpaired) electrons. The summed E-state index contributed by atoms with van der Waals surface area (Å²) in [7, 11) is 0. The molecule has 1 amide bonds.